The van der Waals surface area contributed by atoms with E-state index in [-0.39, 0.29) is 12.0 Å². The van der Waals surface area contributed by atoms with Gasteiger partial charge in [-0.15, -0.1) is 0 Å². The predicted molar refractivity (Wildman–Crippen MR) is 108 cm³/mol. The van der Waals surface area contributed by atoms with Gasteiger partial charge in [0.1, 0.15) is 6.10 Å². The van der Waals surface area contributed by atoms with E-state index in [2.05, 4.69) is 14.9 Å². The number of likely N-dealkylation sites (tertiary alicyclic amines) is 1. The van der Waals surface area contributed by atoms with Gasteiger partial charge in [0.05, 0.1) is 39.3 Å². The normalized spacial score (nSPS) is 19.7. The molecule has 0 radical (unpaired) electrons. The number of anilines is 1. The molecule has 8 heteroatoms. The van der Waals surface area contributed by atoms with E-state index in [0.717, 1.165) is 51.4 Å². The molecule has 2 fully saturated rings. The zero-order chi connectivity index (χ0) is 20.1. The fourth-order valence-electron chi connectivity index (χ4n) is 3.69. The SMILES string of the molecule is COc1cncc(O[C@@H]2CCCN(C(=O)c3ccc(N4CCOCC4)cc3)C2)n1. The minimum Gasteiger partial charge on any atom is -0.480 e. The quantitative estimate of drug-likeness (QED) is 0.762. The molecule has 1 atom stereocenters. The van der Waals surface area contributed by atoms with Gasteiger partial charge in [-0.05, 0) is 37.1 Å². The van der Waals surface area contributed by atoms with E-state index in [9.17, 15) is 4.79 Å². The van der Waals surface area contributed by atoms with E-state index < -0.39 is 0 Å². The maximum atomic E-state index is 13.0. The van der Waals surface area contributed by atoms with Crippen LogP contribution in [0.25, 0.3) is 0 Å². The van der Waals surface area contributed by atoms with Crippen molar-refractivity contribution in [2.45, 2.75) is 18.9 Å². The number of rotatable bonds is 5. The van der Waals surface area contributed by atoms with E-state index >= 15 is 0 Å². The largest absolute Gasteiger partial charge is 0.480 e. The number of hydrogen-bond donors (Lipinski definition) is 0. The van der Waals surface area contributed by atoms with Crippen LogP contribution in [0.1, 0.15) is 23.2 Å². The van der Waals surface area contributed by atoms with Gasteiger partial charge in [-0.1, -0.05) is 0 Å². The van der Waals surface area contributed by atoms with Crippen LogP contribution in [0.15, 0.2) is 36.7 Å². The average Bonchev–Trinajstić information content (AvgIpc) is 2.79. The fraction of sp³-hybridized carbons (Fsp3) is 0.476. The summed E-state index contributed by atoms with van der Waals surface area (Å²) >= 11 is 0. The molecule has 29 heavy (non-hydrogen) atoms. The molecule has 0 N–H and O–H groups in total. The van der Waals surface area contributed by atoms with Crippen molar-refractivity contribution in [3.8, 4) is 11.8 Å². The monoisotopic (exact) mass is 398 g/mol. The van der Waals surface area contributed by atoms with Gasteiger partial charge in [-0.3, -0.25) is 9.78 Å². The van der Waals surface area contributed by atoms with Crippen LogP contribution in [0.5, 0.6) is 11.8 Å². The Hall–Kier alpha value is -2.87. The maximum absolute atomic E-state index is 13.0. The highest BCUT2D eigenvalue weighted by Gasteiger charge is 2.26. The lowest BCUT2D eigenvalue weighted by molar-refractivity contribution is 0.0525. The molecular weight excluding hydrogens is 372 g/mol. The number of benzene rings is 1. The van der Waals surface area contributed by atoms with Gasteiger partial charge in [0.15, 0.2) is 0 Å². The molecule has 4 rings (SSSR count). The lowest BCUT2D eigenvalue weighted by Crippen LogP contribution is -2.44. The summed E-state index contributed by atoms with van der Waals surface area (Å²) in [7, 11) is 1.54. The zero-order valence-electron chi connectivity index (χ0n) is 16.6. The van der Waals surface area contributed by atoms with Gasteiger partial charge in [-0.25, -0.2) is 0 Å². The van der Waals surface area contributed by atoms with Crippen LogP contribution >= 0.6 is 0 Å². The van der Waals surface area contributed by atoms with Crippen LogP contribution < -0.4 is 14.4 Å². The van der Waals surface area contributed by atoms with Crippen molar-refractivity contribution >= 4 is 11.6 Å². The van der Waals surface area contributed by atoms with E-state index in [1.54, 1.807) is 13.3 Å². The second-order valence-corrected chi connectivity index (χ2v) is 7.18. The molecule has 1 aromatic heterocycles. The number of carbonyl (C=O) groups is 1. The summed E-state index contributed by atoms with van der Waals surface area (Å²) in [5.41, 5.74) is 1.82. The van der Waals surface area contributed by atoms with E-state index in [4.69, 9.17) is 14.2 Å². The molecule has 8 nitrogen and oxygen atoms in total. The molecule has 0 aliphatic carbocycles. The Labute approximate surface area is 170 Å². The molecule has 0 saturated carbocycles. The number of ether oxygens (including phenoxy) is 3. The smallest absolute Gasteiger partial charge is 0.253 e. The number of methoxy groups -OCH3 is 1. The van der Waals surface area contributed by atoms with Crippen molar-refractivity contribution in [3.63, 3.8) is 0 Å². The van der Waals surface area contributed by atoms with E-state index in [1.807, 2.05) is 29.2 Å². The molecular formula is C21H26N4O4. The number of nitrogens with zero attached hydrogens (tertiary/aromatic N) is 4. The van der Waals surface area contributed by atoms with Crippen LogP contribution in [-0.2, 0) is 4.74 Å². The summed E-state index contributed by atoms with van der Waals surface area (Å²) in [6.45, 7) is 4.51. The summed E-state index contributed by atoms with van der Waals surface area (Å²) < 4.78 is 16.4. The minimum absolute atomic E-state index is 0.0311. The minimum atomic E-state index is -0.110. The van der Waals surface area contributed by atoms with Gasteiger partial charge < -0.3 is 24.0 Å². The van der Waals surface area contributed by atoms with Crippen LogP contribution in [0, 0.1) is 0 Å². The summed E-state index contributed by atoms with van der Waals surface area (Å²) in [5, 5.41) is 0. The Morgan fingerprint density at radius 3 is 2.62 bits per heavy atom. The Bertz CT molecular complexity index is 824. The highest BCUT2D eigenvalue weighted by atomic mass is 16.5. The maximum Gasteiger partial charge on any atom is 0.253 e. The second-order valence-electron chi connectivity index (χ2n) is 7.18. The summed E-state index contributed by atoms with van der Waals surface area (Å²) in [4.78, 5) is 25.4. The lowest BCUT2D eigenvalue weighted by Gasteiger charge is -2.33. The number of hydrogen-bond acceptors (Lipinski definition) is 7. The molecule has 154 valence electrons. The molecule has 0 unspecified atom stereocenters. The summed E-state index contributed by atoms with van der Waals surface area (Å²) in [6, 6.07) is 7.85. The van der Waals surface area contributed by atoms with Crippen molar-refractivity contribution in [2.75, 3.05) is 51.4 Å². The Balaban J connectivity index is 1.37. The third-order valence-corrected chi connectivity index (χ3v) is 5.24. The summed E-state index contributed by atoms with van der Waals surface area (Å²) in [6.07, 6.45) is 4.75. The number of carbonyl (C=O) groups excluding carboxylic acids is 1. The second kappa shape index (κ2) is 9.09. The molecule has 0 spiro atoms. The molecule has 1 aromatic carbocycles. The highest BCUT2D eigenvalue weighted by molar-refractivity contribution is 5.94. The Kier molecular flexibility index (Phi) is 6.09. The van der Waals surface area contributed by atoms with Gasteiger partial charge in [-0.2, -0.15) is 4.98 Å². The Morgan fingerprint density at radius 1 is 1.10 bits per heavy atom. The predicted octanol–water partition coefficient (Wildman–Crippen LogP) is 2.01. The summed E-state index contributed by atoms with van der Waals surface area (Å²) in [5.74, 6) is 0.855. The number of morpholine rings is 1. The van der Waals surface area contributed by atoms with Crippen molar-refractivity contribution in [2.24, 2.45) is 0 Å². The van der Waals surface area contributed by atoms with Crippen molar-refractivity contribution < 1.29 is 19.0 Å². The van der Waals surface area contributed by atoms with Crippen molar-refractivity contribution in [3.05, 3.63) is 42.2 Å². The van der Waals surface area contributed by atoms with Crippen LogP contribution in [-0.4, -0.2) is 73.4 Å². The molecule has 2 saturated heterocycles. The first-order valence-corrected chi connectivity index (χ1v) is 9.97. The topological polar surface area (TPSA) is 77.0 Å². The Morgan fingerprint density at radius 2 is 1.86 bits per heavy atom. The third-order valence-electron chi connectivity index (χ3n) is 5.24. The van der Waals surface area contributed by atoms with E-state index in [0.29, 0.717) is 23.9 Å². The van der Waals surface area contributed by atoms with Gasteiger partial charge >= 0.3 is 0 Å². The molecule has 3 heterocycles. The molecule has 0 bridgehead atoms. The highest BCUT2D eigenvalue weighted by Crippen LogP contribution is 2.21. The number of piperidine rings is 1. The zero-order valence-corrected chi connectivity index (χ0v) is 16.6. The number of amides is 1. The van der Waals surface area contributed by atoms with Crippen molar-refractivity contribution in [1.82, 2.24) is 14.9 Å². The number of aromatic nitrogens is 2. The standard InChI is InChI=1S/C21H26N4O4/c1-27-19-13-22-14-20(23-19)29-18-3-2-8-25(15-18)21(26)16-4-6-17(7-5-16)24-9-11-28-12-10-24/h4-7,13-14,18H,2-3,8-12,15H2,1H3/t18-/m1/s1. The lowest BCUT2D eigenvalue weighted by atomic mass is 10.1. The van der Waals surface area contributed by atoms with Crippen molar-refractivity contribution in [1.29, 1.82) is 0 Å². The molecule has 2 aromatic rings. The van der Waals surface area contributed by atoms with E-state index in [1.165, 1.54) is 6.20 Å². The molecule has 2 aliphatic rings. The van der Waals surface area contributed by atoms with Gasteiger partial charge in [0, 0.05) is 30.9 Å². The average molecular weight is 398 g/mol. The first-order valence-electron chi connectivity index (χ1n) is 9.97. The van der Waals surface area contributed by atoms with Crippen LogP contribution in [0.3, 0.4) is 0 Å². The van der Waals surface area contributed by atoms with Gasteiger partial charge in [0.25, 0.3) is 5.91 Å². The third kappa shape index (κ3) is 4.76. The molecule has 2 aliphatic heterocycles. The first-order chi connectivity index (χ1) is 14.2. The fourth-order valence-corrected chi connectivity index (χ4v) is 3.69. The van der Waals surface area contributed by atoms with Crippen LogP contribution in [0.2, 0.25) is 0 Å². The van der Waals surface area contributed by atoms with Crippen LogP contribution in [0.4, 0.5) is 5.69 Å². The molecule has 1 amide bonds. The first kappa shape index (κ1) is 19.4. The van der Waals surface area contributed by atoms with Gasteiger partial charge in [0.2, 0.25) is 11.8 Å².